The summed E-state index contributed by atoms with van der Waals surface area (Å²) < 4.78 is 67.4. The molecule has 2 aromatic rings. The summed E-state index contributed by atoms with van der Waals surface area (Å²) in [6.07, 6.45) is 1.09. The van der Waals surface area contributed by atoms with Gasteiger partial charge in [0.1, 0.15) is 9.88 Å². The number of rotatable bonds is 5. The summed E-state index contributed by atoms with van der Waals surface area (Å²) in [6, 6.07) is 2.24. The number of aromatic nitrogens is 2. The average Bonchev–Trinajstić information content (AvgIpc) is 2.89. The zero-order valence-electron chi connectivity index (χ0n) is 12.8. The number of ether oxygens (including phenoxy) is 1. The fourth-order valence-electron chi connectivity index (χ4n) is 1.62. The van der Waals surface area contributed by atoms with Crippen molar-refractivity contribution in [3.8, 4) is 16.5 Å². The Bertz CT molecular complexity index is 876. The van der Waals surface area contributed by atoms with E-state index >= 15 is 0 Å². The summed E-state index contributed by atoms with van der Waals surface area (Å²) in [5.74, 6) is -1.27. The summed E-state index contributed by atoms with van der Waals surface area (Å²) in [6.45, 7) is 3.46. The van der Waals surface area contributed by atoms with E-state index in [1.54, 1.807) is 13.8 Å². The number of thiazole rings is 1. The van der Waals surface area contributed by atoms with E-state index in [4.69, 9.17) is 4.74 Å². The molecule has 2 aromatic heterocycles. The maximum atomic E-state index is 12.3. The first kappa shape index (κ1) is 19.1. The summed E-state index contributed by atoms with van der Waals surface area (Å²) in [4.78, 5) is 19.7. The van der Waals surface area contributed by atoms with Crippen LogP contribution in [0.5, 0.6) is 5.88 Å². The van der Waals surface area contributed by atoms with E-state index in [2.05, 4.69) is 14.2 Å². The molecule has 0 amide bonds. The largest absolute Gasteiger partial charge is 0.534 e. The maximum absolute atomic E-state index is 12.3. The highest BCUT2D eigenvalue weighted by atomic mass is 32.2. The minimum absolute atomic E-state index is 0.201. The van der Waals surface area contributed by atoms with Crippen molar-refractivity contribution in [1.29, 1.82) is 0 Å². The second-order valence-electron chi connectivity index (χ2n) is 4.52. The van der Waals surface area contributed by atoms with Gasteiger partial charge in [-0.2, -0.15) is 21.6 Å². The van der Waals surface area contributed by atoms with Crippen LogP contribution < -0.4 is 4.18 Å². The Kier molecular flexibility index (Phi) is 5.32. The van der Waals surface area contributed by atoms with Crippen LogP contribution in [0.3, 0.4) is 0 Å². The molecule has 2 heterocycles. The third-order valence-electron chi connectivity index (χ3n) is 2.72. The van der Waals surface area contributed by atoms with Crippen molar-refractivity contribution in [3.05, 3.63) is 28.9 Å². The number of halogens is 3. The Hall–Kier alpha value is -2.21. The van der Waals surface area contributed by atoms with Gasteiger partial charge >= 0.3 is 21.6 Å². The molecule has 7 nitrogen and oxygen atoms in total. The lowest BCUT2D eigenvalue weighted by molar-refractivity contribution is -0.0501. The van der Waals surface area contributed by atoms with Crippen molar-refractivity contribution in [3.63, 3.8) is 0 Å². The SMILES string of the molecule is CCOC(=O)c1sc(-c2ccc(OS(=O)(=O)C(F)(F)F)nc2)nc1C. The van der Waals surface area contributed by atoms with E-state index in [9.17, 15) is 26.4 Å². The Morgan fingerprint density at radius 1 is 1.32 bits per heavy atom. The molecule has 0 aromatic carbocycles. The number of carbonyl (C=O) groups is 1. The second-order valence-corrected chi connectivity index (χ2v) is 7.06. The van der Waals surface area contributed by atoms with Crippen LogP contribution in [-0.2, 0) is 14.9 Å². The fourth-order valence-corrected chi connectivity index (χ4v) is 2.99. The first-order chi connectivity index (χ1) is 11.5. The molecule has 12 heteroatoms. The topological polar surface area (TPSA) is 95.5 Å². The number of pyridine rings is 1. The van der Waals surface area contributed by atoms with Crippen LogP contribution in [0, 0.1) is 6.92 Å². The van der Waals surface area contributed by atoms with Crippen molar-refractivity contribution in [2.75, 3.05) is 6.61 Å². The van der Waals surface area contributed by atoms with Crippen LogP contribution >= 0.6 is 11.3 Å². The van der Waals surface area contributed by atoms with Gasteiger partial charge < -0.3 is 8.92 Å². The first-order valence-corrected chi connectivity index (χ1v) is 8.89. The number of carbonyl (C=O) groups excluding carboxylic acids is 1. The molecule has 0 saturated carbocycles. The van der Waals surface area contributed by atoms with Gasteiger partial charge in [0.15, 0.2) is 0 Å². The van der Waals surface area contributed by atoms with Crippen LogP contribution in [-0.4, -0.2) is 36.5 Å². The fraction of sp³-hybridized carbons (Fsp3) is 0.308. The van der Waals surface area contributed by atoms with Crippen molar-refractivity contribution in [1.82, 2.24) is 9.97 Å². The van der Waals surface area contributed by atoms with E-state index in [0.717, 1.165) is 23.6 Å². The molecule has 0 atom stereocenters. The molecular formula is C13H11F3N2O5S2. The monoisotopic (exact) mass is 396 g/mol. The number of alkyl halides is 3. The highest BCUT2D eigenvalue weighted by molar-refractivity contribution is 7.87. The smallest absolute Gasteiger partial charge is 0.462 e. The lowest BCUT2D eigenvalue weighted by Crippen LogP contribution is -2.28. The Morgan fingerprint density at radius 3 is 2.52 bits per heavy atom. The number of esters is 1. The Morgan fingerprint density at radius 2 is 2.00 bits per heavy atom. The zero-order chi connectivity index (χ0) is 18.8. The molecule has 0 N–H and O–H groups in total. The quantitative estimate of drug-likeness (QED) is 0.436. The molecule has 25 heavy (non-hydrogen) atoms. The standard InChI is InChI=1S/C13H11F3N2O5S2/c1-3-22-12(19)10-7(2)18-11(24-10)8-4-5-9(17-6-8)23-25(20,21)13(14,15)16/h4-6H,3H2,1-2H3. The summed E-state index contributed by atoms with van der Waals surface area (Å²) in [7, 11) is -5.79. The van der Waals surface area contributed by atoms with Crippen molar-refractivity contribution in [2.45, 2.75) is 19.4 Å². The summed E-state index contributed by atoms with van der Waals surface area (Å²) in [5.41, 5.74) is -4.74. The maximum Gasteiger partial charge on any atom is 0.534 e. The van der Waals surface area contributed by atoms with Crippen LogP contribution in [0.2, 0.25) is 0 Å². The molecule has 0 aliphatic carbocycles. The van der Waals surface area contributed by atoms with Gasteiger partial charge in [-0.3, -0.25) is 0 Å². The molecule has 0 radical (unpaired) electrons. The number of hydrogen-bond acceptors (Lipinski definition) is 8. The molecule has 2 rings (SSSR count). The first-order valence-electron chi connectivity index (χ1n) is 6.67. The van der Waals surface area contributed by atoms with Gasteiger partial charge in [0.05, 0.1) is 12.3 Å². The molecule has 0 unspecified atom stereocenters. The summed E-state index contributed by atoms with van der Waals surface area (Å²) in [5, 5.41) is 0.373. The Balaban J connectivity index is 2.24. The number of hydrogen-bond donors (Lipinski definition) is 0. The van der Waals surface area contributed by atoms with Gasteiger partial charge in [-0.05, 0) is 19.9 Å². The van der Waals surface area contributed by atoms with Crippen LogP contribution in [0.4, 0.5) is 13.2 Å². The minimum atomic E-state index is -5.79. The molecule has 0 saturated heterocycles. The van der Waals surface area contributed by atoms with E-state index in [0.29, 0.717) is 16.3 Å². The second kappa shape index (κ2) is 6.96. The van der Waals surface area contributed by atoms with Gasteiger partial charge in [0.25, 0.3) is 0 Å². The normalized spacial score (nSPS) is 12.0. The third kappa shape index (κ3) is 4.25. The van der Waals surface area contributed by atoms with E-state index in [1.807, 2.05) is 0 Å². The average molecular weight is 396 g/mol. The lowest BCUT2D eigenvalue weighted by atomic mass is 10.3. The molecule has 0 bridgehead atoms. The number of aryl methyl sites for hydroxylation is 1. The van der Waals surface area contributed by atoms with E-state index in [-0.39, 0.29) is 11.5 Å². The predicted molar refractivity (Wildman–Crippen MR) is 81.6 cm³/mol. The minimum Gasteiger partial charge on any atom is -0.462 e. The Labute approximate surface area is 144 Å². The highest BCUT2D eigenvalue weighted by Gasteiger charge is 2.48. The van der Waals surface area contributed by atoms with Gasteiger partial charge in [-0.15, -0.1) is 11.3 Å². The molecule has 0 spiro atoms. The van der Waals surface area contributed by atoms with Gasteiger partial charge in [-0.25, -0.2) is 14.8 Å². The van der Waals surface area contributed by atoms with Crippen LogP contribution in [0.25, 0.3) is 10.6 Å². The van der Waals surface area contributed by atoms with Crippen molar-refractivity contribution < 1.29 is 35.3 Å². The van der Waals surface area contributed by atoms with Gasteiger partial charge in [0.2, 0.25) is 5.88 Å². The highest BCUT2D eigenvalue weighted by Crippen LogP contribution is 2.30. The lowest BCUT2D eigenvalue weighted by Gasteiger charge is -2.08. The van der Waals surface area contributed by atoms with Crippen LogP contribution in [0.1, 0.15) is 22.3 Å². The molecule has 0 aliphatic heterocycles. The van der Waals surface area contributed by atoms with E-state index in [1.165, 1.54) is 6.07 Å². The molecule has 136 valence electrons. The zero-order valence-corrected chi connectivity index (χ0v) is 14.5. The number of nitrogens with zero attached hydrogens (tertiary/aromatic N) is 2. The summed E-state index contributed by atoms with van der Waals surface area (Å²) >= 11 is 1.02. The van der Waals surface area contributed by atoms with Crippen LogP contribution in [0.15, 0.2) is 18.3 Å². The van der Waals surface area contributed by atoms with Crippen molar-refractivity contribution in [2.24, 2.45) is 0 Å². The van der Waals surface area contributed by atoms with Gasteiger partial charge in [0, 0.05) is 17.8 Å². The van der Waals surface area contributed by atoms with Crippen molar-refractivity contribution >= 4 is 27.4 Å². The molecule has 0 fully saturated rings. The van der Waals surface area contributed by atoms with E-state index < -0.39 is 27.5 Å². The van der Waals surface area contributed by atoms with Gasteiger partial charge in [-0.1, -0.05) is 0 Å². The molecule has 0 aliphatic rings. The predicted octanol–water partition coefficient (Wildman–Crippen LogP) is 2.92. The third-order valence-corrected chi connectivity index (χ3v) is 4.86. The molecular weight excluding hydrogens is 385 g/mol.